The van der Waals surface area contributed by atoms with E-state index in [1.165, 1.54) is 0 Å². The summed E-state index contributed by atoms with van der Waals surface area (Å²) in [4.78, 5) is 0. The average molecular weight is 287 g/mol. The number of furan rings is 1. The van der Waals surface area contributed by atoms with Crippen LogP contribution >= 0.6 is 23.2 Å². The largest absolute Gasteiger partial charge is 0.495 e. The molecule has 0 radical (unpaired) electrons. The van der Waals surface area contributed by atoms with Crippen LogP contribution in [0, 0.1) is 0 Å². The van der Waals surface area contributed by atoms with Crippen LogP contribution in [0.15, 0.2) is 34.7 Å². The summed E-state index contributed by atoms with van der Waals surface area (Å²) < 4.78 is 10.5. The maximum atomic E-state index is 5.97. The predicted octanol–water partition coefficient (Wildman–Crippen LogP) is 3.15. The lowest BCUT2D eigenvalue weighted by molar-refractivity contribution is 0.412. The highest BCUT2D eigenvalue weighted by atomic mass is 35.5. The van der Waals surface area contributed by atoms with Gasteiger partial charge in [-0.15, -0.1) is 0 Å². The minimum Gasteiger partial charge on any atom is -0.495 e. The van der Waals surface area contributed by atoms with Gasteiger partial charge in [-0.05, 0) is 41.4 Å². The maximum Gasteiger partial charge on any atom is 0.193 e. The molecule has 2 rings (SSSR count). The molecule has 18 heavy (non-hydrogen) atoms. The van der Waals surface area contributed by atoms with E-state index in [2.05, 4.69) is 5.43 Å². The lowest BCUT2D eigenvalue weighted by Gasteiger charge is -2.15. The third-order valence-electron chi connectivity index (χ3n) is 2.55. The van der Waals surface area contributed by atoms with Gasteiger partial charge in [0.2, 0.25) is 0 Å². The summed E-state index contributed by atoms with van der Waals surface area (Å²) in [6, 6.07) is 8.48. The highest BCUT2D eigenvalue weighted by Gasteiger charge is 2.17. The fourth-order valence-corrected chi connectivity index (χ4v) is 2.03. The third kappa shape index (κ3) is 2.62. The van der Waals surface area contributed by atoms with Gasteiger partial charge in [-0.1, -0.05) is 17.7 Å². The zero-order valence-corrected chi connectivity index (χ0v) is 11.1. The van der Waals surface area contributed by atoms with Crippen LogP contribution in [0.5, 0.6) is 5.75 Å². The summed E-state index contributed by atoms with van der Waals surface area (Å²) in [5, 5.41) is 0.848. The Balaban J connectivity index is 2.38. The van der Waals surface area contributed by atoms with Gasteiger partial charge in [-0.3, -0.25) is 5.84 Å². The molecule has 3 N–H and O–H groups in total. The SMILES string of the molecule is COc1cc(C(NN)c2ccc(Cl)o2)ccc1Cl. The number of rotatable bonds is 4. The van der Waals surface area contributed by atoms with Crippen molar-refractivity contribution >= 4 is 23.2 Å². The number of hydrogen-bond acceptors (Lipinski definition) is 4. The first kappa shape index (κ1) is 13.2. The summed E-state index contributed by atoms with van der Waals surface area (Å²) in [7, 11) is 1.56. The van der Waals surface area contributed by atoms with Crippen molar-refractivity contribution in [2.24, 2.45) is 5.84 Å². The first-order valence-corrected chi connectivity index (χ1v) is 5.96. The fraction of sp³-hybridized carbons (Fsp3) is 0.167. The number of nitrogens with one attached hydrogen (secondary N) is 1. The van der Waals surface area contributed by atoms with Crippen LogP contribution in [-0.4, -0.2) is 7.11 Å². The first-order chi connectivity index (χ1) is 8.65. The zero-order chi connectivity index (χ0) is 13.1. The van der Waals surface area contributed by atoms with Gasteiger partial charge in [0.15, 0.2) is 5.22 Å². The molecule has 0 amide bonds. The van der Waals surface area contributed by atoms with E-state index in [1.807, 2.05) is 6.07 Å². The van der Waals surface area contributed by atoms with E-state index >= 15 is 0 Å². The monoisotopic (exact) mass is 286 g/mol. The molecule has 1 aromatic carbocycles. The molecular weight excluding hydrogens is 275 g/mol. The summed E-state index contributed by atoms with van der Waals surface area (Å²) in [5.41, 5.74) is 3.53. The molecule has 0 saturated carbocycles. The van der Waals surface area contributed by atoms with Crippen molar-refractivity contribution < 1.29 is 9.15 Å². The molecule has 0 fully saturated rings. The number of hydrazine groups is 1. The van der Waals surface area contributed by atoms with Gasteiger partial charge in [0.25, 0.3) is 0 Å². The Morgan fingerprint density at radius 1 is 1.28 bits per heavy atom. The Morgan fingerprint density at radius 3 is 2.61 bits per heavy atom. The van der Waals surface area contributed by atoms with Crippen LogP contribution in [0.25, 0.3) is 0 Å². The maximum absolute atomic E-state index is 5.97. The molecule has 1 aromatic heterocycles. The quantitative estimate of drug-likeness (QED) is 0.670. The molecule has 0 aliphatic rings. The van der Waals surface area contributed by atoms with Gasteiger partial charge in [-0.2, -0.15) is 0 Å². The van der Waals surface area contributed by atoms with Gasteiger partial charge in [0.05, 0.1) is 12.1 Å². The number of halogens is 2. The molecule has 1 atom stereocenters. The van der Waals surface area contributed by atoms with Gasteiger partial charge < -0.3 is 9.15 Å². The highest BCUT2D eigenvalue weighted by Crippen LogP contribution is 2.31. The third-order valence-corrected chi connectivity index (χ3v) is 3.07. The van der Waals surface area contributed by atoms with Gasteiger partial charge in [0.1, 0.15) is 17.6 Å². The van der Waals surface area contributed by atoms with Crippen LogP contribution in [0.2, 0.25) is 10.2 Å². The highest BCUT2D eigenvalue weighted by molar-refractivity contribution is 6.32. The summed E-state index contributed by atoms with van der Waals surface area (Å²) in [6.07, 6.45) is 0. The Labute approximate surface area is 115 Å². The number of nitrogens with two attached hydrogens (primary N) is 1. The first-order valence-electron chi connectivity index (χ1n) is 5.20. The molecule has 0 aliphatic heterocycles. The number of hydrogen-bond donors (Lipinski definition) is 2. The second kappa shape index (κ2) is 5.63. The van der Waals surface area contributed by atoms with E-state index in [4.69, 9.17) is 38.2 Å². The van der Waals surface area contributed by atoms with E-state index in [0.29, 0.717) is 21.8 Å². The van der Waals surface area contributed by atoms with Crippen LogP contribution in [0.4, 0.5) is 0 Å². The summed E-state index contributed by atoms with van der Waals surface area (Å²) >= 11 is 11.7. The number of ether oxygens (including phenoxy) is 1. The van der Waals surface area contributed by atoms with Crippen LogP contribution in [0.3, 0.4) is 0 Å². The van der Waals surface area contributed by atoms with Crippen molar-refractivity contribution in [2.45, 2.75) is 6.04 Å². The molecule has 0 bridgehead atoms. The van der Waals surface area contributed by atoms with Gasteiger partial charge >= 0.3 is 0 Å². The zero-order valence-electron chi connectivity index (χ0n) is 9.61. The van der Waals surface area contributed by atoms with Crippen molar-refractivity contribution in [3.05, 3.63) is 51.9 Å². The molecule has 1 heterocycles. The van der Waals surface area contributed by atoms with Crippen LogP contribution in [-0.2, 0) is 0 Å². The fourth-order valence-electron chi connectivity index (χ4n) is 1.68. The minimum absolute atomic E-state index is 0.311. The molecule has 96 valence electrons. The number of benzene rings is 1. The topological polar surface area (TPSA) is 60.4 Å². The molecule has 0 spiro atoms. The number of methoxy groups -OCH3 is 1. The van der Waals surface area contributed by atoms with E-state index < -0.39 is 0 Å². The molecule has 1 unspecified atom stereocenters. The normalized spacial score (nSPS) is 12.4. The van der Waals surface area contributed by atoms with Crippen molar-refractivity contribution in [1.82, 2.24) is 5.43 Å². The van der Waals surface area contributed by atoms with E-state index in [-0.39, 0.29) is 6.04 Å². The Hall–Kier alpha value is -1.20. The van der Waals surface area contributed by atoms with Crippen LogP contribution in [0.1, 0.15) is 17.4 Å². The molecule has 6 heteroatoms. The van der Waals surface area contributed by atoms with Crippen molar-refractivity contribution in [1.29, 1.82) is 0 Å². The van der Waals surface area contributed by atoms with E-state index in [9.17, 15) is 0 Å². The molecule has 2 aromatic rings. The Kier molecular flexibility index (Phi) is 4.14. The lowest BCUT2D eigenvalue weighted by Crippen LogP contribution is -2.28. The summed E-state index contributed by atoms with van der Waals surface area (Å²) in [6.45, 7) is 0. The van der Waals surface area contributed by atoms with Crippen molar-refractivity contribution in [2.75, 3.05) is 7.11 Å². The van der Waals surface area contributed by atoms with E-state index in [0.717, 1.165) is 5.56 Å². The molecule has 4 nitrogen and oxygen atoms in total. The van der Waals surface area contributed by atoms with Crippen LogP contribution < -0.4 is 16.0 Å². The summed E-state index contributed by atoms with van der Waals surface area (Å²) in [5.74, 6) is 6.74. The molecule has 0 saturated heterocycles. The van der Waals surface area contributed by atoms with Crippen molar-refractivity contribution in [3.63, 3.8) is 0 Å². The molecule has 0 aliphatic carbocycles. The second-order valence-electron chi connectivity index (χ2n) is 3.64. The van der Waals surface area contributed by atoms with Gasteiger partial charge in [0, 0.05) is 0 Å². The average Bonchev–Trinajstić information content (AvgIpc) is 2.79. The standard InChI is InChI=1S/C12H12Cl2N2O2/c1-17-10-6-7(2-3-8(10)13)12(16-15)9-4-5-11(14)18-9/h2-6,12,16H,15H2,1H3. The molecular formula is C12H12Cl2N2O2. The Bertz CT molecular complexity index is 543. The smallest absolute Gasteiger partial charge is 0.193 e. The lowest BCUT2D eigenvalue weighted by atomic mass is 10.1. The van der Waals surface area contributed by atoms with E-state index in [1.54, 1.807) is 31.4 Å². The Morgan fingerprint density at radius 2 is 2.06 bits per heavy atom. The predicted molar refractivity (Wildman–Crippen MR) is 70.9 cm³/mol. The minimum atomic E-state index is -0.316. The van der Waals surface area contributed by atoms with Crippen molar-refractivity contribution in [3.8, 4) is 5.75 Å². The second-order valence-corrected chi connectivity index (χ2v) is 4.42. The van der Waals surface area contributed by atoms with Gasteiger partial charge in [-0.25, -0.2) is 5.43 Å².